The van der Waals surface area contributed by atoms with Crippen LogP contribution < -0.4 is 0 Å². The van der Waals surface area contributed by atoms with Gasteiger partial charge in [-0.2, -0.15) is 12.6 Å². The molecule has 0 unspecified atom stereocenters. The molecule has 0 spiro atoms. The van der Waals surface area contributed by atoms with Crippen molar-refractivity contribution in [1.29, 1.82) is 0 Å². The molecule has 18 heavy (non-hydrogen) atoms. The van der Waals surface area contributed by atoms with Gasteiger partial charge in [-0.3, -0.25) is 4.79 Å². The van der Waals surface area contributed by atoms with Crippen LogP contribution in [0.2, 0.25) is 0 Å². The van der Waals surface area contributed by atoms with E-state index in [4.69, 9.17) is 0 Å². The molecule has 6 heteroatoms. The summed E-state index contributed by atoms with van der Waals surface area (Å²) in [7, 11) is -3.62. The number of carbonyl (C=O) groups excluding carboxylic acids is 1. The van der Waals surface area contributed by atoms with Crippen molar-refractivity contribution in [3.63, 3.8) is 0 Å². The van der Waals surface area contributed by atoms with Gasteiger partial charge < -0.3 is 0 Å². The van der Waals surface area contributed by atoms with E-state index in [0.29, 0.717) is 6.42 Å². The van der Waals surface area contributed by atoms with Crippen molar-refractivity contribution < 1.29 is 13.2 Å². The normalized spacial score (nSPS) is 16.9. The van der Waals surface area contributed by atoms with Gasteiger partial charge in [-0.25, -0.2) is 12.7 Å². The number of nitrogens with zero attached hydrogens (tertiary/aromatic N) is 1. The number of thiol groups is 1. The summed E-state index contributed by atoms with van der Waals surface area (Å²) >= 11 is 4.10. The SMILES string of the molecule is O=C1c2ccccc2S(=O)(=O)N1CCCCCS. The molecule has 0 saturated carbocycles. The van der Waals surface area contributed by atoms with E-state index in [0.717, 1.165) is 22.9 Å². The highest BCUT2D eigenvalue weighted by atomic mass is 32.2. The molecule has 2 rings (SSSR count). The van der Waals surface area contributed by atoms with Gasteiger partial charge in [0.2, 0.25) is 0 Å². The maximum Gasteiger partial charge on any atom is 0.269 e. The van der Waals surface area contributed by atoms with Crippen molar-refractivity contribution in [2.24, 2.45) is 0 Å². The Morgan fingerprint density at radius 3 is 2.50 bits per heavy atom. The van der Waals surface area contributed by atoms with Crippen LogP contribution >= 0.6 is 12.6 Å². The molecule has 1 aliphatic rings. The molecule has 0 aliphatic carbocycles. The third-order valence-corrected chi connectivity index (χ3v) is 5.09. The van der Waals surface area contributed by atoms with Crippen molar-refractivity contribution in [3.8, 4) is 0 Å². The van der Waals surface area contributed by atoms with Gasteiger partial charge in [0.25, 0.3) is 15.9 Å². The van der Waals surface area contributed by atoms with Gasteiger partial charge in [0.05, 0.1) is 5.56 Å². The van der Waals surface area contributed by atoms with Crippen molar-refractivity contribution in [3.05, 3.63) is 29.8 Å². The first-order valence-electron chi connectivity index (χ1n) is 5.86. The Morgan fingerprint density at radius 1 is 1.11 bits per heavy atom. The molecule has 0 radical (unpaired) electrons. The minimum absolute atomic E-state index is 0.129. The number of rotatable bonds is 5. The zero-order valence-electron chi connectivity index (χ0n) is 9.87. The first-order valence-corrected chi connectivity index (χ1v) is 7.93. The predicted molar refractivity (Wildman–Crippen MR) is 72.4 cm³/mol. The Morgan fingerprint density at radius 2 is 1.83 bits per heavy atom. The lowest BCUT2D eigenvalue weighted by Gasteiger charge is -2.14. The number of unbranched alkanes of at least 4 members (excludes halogenated alkanes) is 2. The predicted octanol–water partition coefficient (Wildman–Crippen LogP) is 1.93. The van der Waals surface area contributed by atoms with Crippen LogP contribution in [0.5, 0.6) is 0 Å². The number of fused-ring (bicyclic) bond motifs is 1. The van der Waals surface area contributed by atoms with Crippen molar-refractivity contribution in [1.82, 2.24) is 4.31 Å². The first kappa shape index (κ1) is 13.4. The van der Waals surface area contributed by atoms with Crippen LogP contribution in [0.25, 0.3) is 0 Å². The molecule has 1 amide bonds. The van der Waals surface area contributed by atoms with Crippen LogP contribution in [0, 0.1) is 0 Å². The van der Waals surface area contributed by atoms with E-state index >= 15 is 0 Å². The second-order valence-electron chi connectivity index (χ2n) is 4.16. The molecule has 0 saturated heterocycles. The fourth-order valence-corrected chi connectivity index (χ4v) is 3.83. The fourth-order valence-electron chi connectivity index (χ4n) is 2.00. The molecule has 1 aromatic rings. The molecule has 98 valence electrons. The van der Waals surface area contributed by atoms with Crippen LogP contribution in [-0.2, 0) is 10.0 Å². The summed E-state index contributed by atoms with van der Waals surface area (Å²) < 4.78 is 25.3. The summed E-state index contributed by atoms with van der Waals surface area (Å²) in [6.45, 7) is 0.254. The summed E-state index contributed by atoms with van der Waals surface area (Å²) in [5.74, 6) is 0.373. The Bertz CT molecular complexity index is 554. The van der Waals surface area contributed by atoms with E-state index in [1.165, 1.54) is 6.07 Å². The van der Waals surface area contributed by atoms with Crippen LogP contribution in [0.15, 0.2) is 29.2 Å². The summed E-state index contributed by atoms with van der Waals surface area (Å²) in [5.41, 5.74) is 0.284. The number of hydrogen-bond acceptors (Lipinski definition) is 4. The lowest BCUT2D eigenvalue weighted by Crippen LogP contribution is -2.30. The standard InChI is InChI=1S/C12H15NO3S2/c14-12-10-6-2-3-7-11(10)18(15,16)13(12)8-4-1-5-9-17/h2-3,6-7,17H,1,4-5,8-9H2. The highest BCUT2D eigenvalue weighted by Crippen LogP contribution is 2.29. The molecular formula is C12H15NO3S2. The number of carbonyl (C=O) groups is 1. The summed E-state index contributed by atoms with van der Waals surface area (Å²) in [5, 5.41) is 0. The molecule has 0 aromatic heterocycles. The topological polar surface area (TPSA) is 54.5 Å². The summed E-state index contributed by atoms with van der Waals surface area (Å²) in [4.78, 5) is 12.1. The van der Waals surface area contributed by atoms with E-state index in [1.54, 1.807) is 18.2 Å². The van der Waals surface area contributed by atoms with Gasteiger partial charge in [-0.05, 0) is 30.7 Å². The number of benzene rings is 1. The highest BCUT2D eigenvalue weighted by Gasteiger charge is 2.40. The second kappa shape index (κ2) is 5.32. The van der Waals surface area contributed by atoms with E-state index in [2.05, 4.69) is 12.6 Å². The largest absolute Gasteiger partial charge is 0.269 e. The van der Waals surface area contributed by atoms with Crippen LogP contribution in [-0.4, -0.2) is 30.9 Å². The summed E-state index contributed by atoms with van der Waals surface area (Å²) in [6.07, 6.45) is 2.48. The van der Waals surface area contributed by atoms with Gasteiger partial charge in [0, 0.05) is 6.54 Å². The van der Waals surface area contributed by atoms with E-state index in [-0.39, 0.29) is 17.0 Å². The smallest absolute Gasteiger partial charge is 0.268 e. The summed E-state index contributed by atoms with van der Waals surface area (Å²) in [6, 6.07) is 6.35. The van der Waals surface area contributed by atoms with Crippen molar-refractivity contribution >= 4 is 28.6 Å². The van der Waals surface area contributed by atoms with Gasteiger partial charge >= 0.3 is 0 Å². The molecule has 1 aromatic carbocycles. The number of hydrogen-bond donors (Lipinski definition) is 1. The zero-order valence-corrected chi connectivity index (χ0v) is 11.6. The molecule has 0 atom stereocenters. The van der Waals surface area contributed by atoms with Gasteiger partial charge in [-0.15, -0.1) is 0 Å². The highest BCUT2D eigenvalue weighted by molar-refractivity contribution is 7.90. The van der Waals surface area contributed by atoms with Crippen LogP contribution in [0.1, 0.15) is 29.6 Å². The van der Waals surface area contributed by atoms with Crippen LogP contribution in [0.3, 0.4) is 0 Å². The third kappa shape index (κ3) is 2.27. The minimum Gasteiger partial charge on any atom is -0.268 e. The van der Waals surface area contributed by atoms with Crippen molar-refractivity contribution in [2.75, 3.05) is 12.3 Å². The molecule has 1 heterocycles. The van der Waals surface area contributed by atoms with Crippen molar-refractivity contribution in [2.45, 2.75) is 24.2 Å². The average molecular weight is 285 g/mol. The maximum absolute atomic E-state index is 12.1. The molecule has 0 fully saturated rings. The Kier molecular flexibility index (Phi) is 3.97. The molecular weight excluding hydrogens is 270 g/mol. The van der Waals surface area contributed by atoms with Crippen LogP contribution in [0.4, 0.5) is 0 Å². The Balaban J connectivity index is 2.18. The maximum atomic E-state index is 12.1. The van der Waals surface area contributed by atoms with Gasteiger partial charge in [0.1, 0.15) is 4.90 Å². The average Bonchev–Trinajstić information content (AvgIpc) is 2.55. The number of sulfonamides is 1. The fraction of sp³-hybridized carbons (Fsp3) is 0.417. The van der Waals surface area contributed by atoms with E-state index in [9.17, 15) is 13.2 Å². The number of amides is 1. The second-order valence-corrected chi connectivity index (χ2v) is 6.44. The lowest BCUT2D eigenvalue weighted by atomic mass is 10.2. The molecule has 4 nitrogen and oxygen atoms in total. The molecule has 0 bridgehead atoms. The minimum atomic E-state index is -3.62. The molecule has 0 N–H and O–H groups in total. The molecule has 1 aliphatic heterocycles. The van der Waals surface area contributed by atoms with E-state index < -0.39 is 15.9 Å². The first-order chi connectivity index (χ1) is 8.59. The lowest BCUT2D eigenvalue weighted by molar-refractivity contribution is 0.0869. The van der Waals surface area contributed by atoms with Gasteiger partial charge in [-0.1, -0.05) is 18.6 Å². The Hall–Kier alpha value is -1.01. The quantitative estimate of drug-likeness (QED) is 0.664. The third-order valence-electron chi connectivity index (χ3n) is 2.93. The monoisotopic (exact) mass is 285 g/mol. The van der Waals surface area contributed by atoms with Gasteiger partial charge in [0.15, 0.2) is 0 Å². The Labute approximate surface area is 112 Å². The zero-order chi connectivity index (χ0) is 13.2. The van der Waals surface area contributed by atoms with E-state index in [1.807, 2.05) is 0 Å².